The van der Waals surface area contributed by atoms with Crippen LogP contribution in [0.2, 0.25) is 0 Å². The topological polar surface area (TPSA) is 97.3 Å². The summed E-state index contributed by atoms with van der Waals surface area (Å²) >= 11 is 0. The van der Waals surface area contributed by atoms with Gasteiger partial charge >= 0.3 is 0 Å². The Morgan fingerprint density at radius 3 is 1.57 bits per heavy atom. The van der Waals surface area contributed by atoms with Crippen molar-refractivity contribution in [2.75, 3.05) is 59.1 Å². The summed E-state index contributed by atoms with van der Waals surface area (Å²) in [5.41, 5.74) is 0. The van der Waals surface area contributed by atoms with Gasteiger partial charge in [-0.1, -0.05) is 27.7 Å². The molecular formula is C19H37N7O2. The third-order valence-electron chi connectivity index (χ3n) is 2.79. The Labute approximate surface area is 169 Å². The molecule has 28 heavy (non-hydrogen) atoms. The van der Waals surface area contributed by atoms with E-state index in [2.05, 4.69) is 35.9 Å². The molecule has 0 bridgehead atoms. The van der Waals surface area contributed by atoms with Gasteiger partial charge in [0.25, 0.3) is 0 Å². The van der Waals surface area contributed by atoms with Gasteiger partial charge in [0.1, 0.15) is 18.2 Å². The number of hydrogen-bond acceptors (Lipinski definition) is 9. The van der Waals surface area contributed by atoms with Crippen molar-refractivity contribution in [3.05, 3.63) is 24.3 Å². The molecule has 2 aromatic rings. The highest BCUT2D eigenvalue weighted by atomic mass is 16.5. The Balaban J connectivity index is 0. The molecule has 0 saturated heterocycles. The molecule has 0 fully saturated rings. The molecular weight excluding hydrogens is 358 g/mol. The zero-order valence-electron chi connectivity index (χ0n) is 18.8. The van der Waals surface area contributed by atoms with Crippen LogP contribution in [0.25, 0.3) is 0 Å². The highest BCUT2D eigenvalue weighted by Gasteiger charge is 1.97. The van der Waals surface area contributed by atoms with E-state index in [0.717, 1.165) is 18.2 Å². The number of anilines is 2. The van der Waals surface area contributed by atoms with Crippen LogP contribution < -0.4 is 20.1 Å². The third-order valence-corrected chi connectivity index (χ3v) is 2.79. The first kappa shape index (κ1) is 27.5. The van der Waals surface area contributed by atoms with E-state index in [4.69, 9.17) is 9.47 Å². The van der Waals surface area contributed by atoms with Crippen LogP contribution in [0.3, 0.4) is 0 Å². The number of rotatable bonds is 7. The highest BCUT2D eigenvalue weighted by Crippen LogP contribution is 2.07. The molecule has 0 spiro atoms. The van der Waals surface area contributed by atoms with Gasteiger partial charge in [-0.2, -0.15) is 0 Å². The molecule has 0 atom stereocenters. The Morgan fingerprint density at radius 1 is 0.786 bits per heavy atom. The van der Waals surface area contributed by atoms with Gasteiger partial charge in [-0.3, -0.25) is 0 Å². The Morgan fingerprint density at radius 2 is 1.25 bits per heavy atom. The third kappa shape index (κ3) is 13.5. The fourth-order valence-corrected chi connectivity index (χ4v) is 1.43. The van der Waals surface area contributed by atoms with E-state index in [9.17, 15) is 0 Å². The first-order valence-corrected chi connectivity index (χ1v) is 9.43. The minimum atomic E-state index is 0.527. The summed E-state index contributed by atoms with van der Waals surface area (Å²) in [6.07, 6.45) is 0. The van der Waals surface area contributed by atoms with E-state index in [-0.39, 0.29) is 0 Å². The lowest BCUT2D eigenvalue weighted by molar-refractivity contribution is 0.252. The molecule has 0 aliphatic rings. The maximum Gasteiger partial charge on any atom is 0.233 e. The summed E-state index contributed by atoms with van der Waals surface area (Å²) in [6, 6.07) is 7.18. The predicted molar refractivity (Wildman–Crippen MR) is 116 cm³/mol. The lowest BCUT2D eigenvalue weighted by atomic mass is 10.5. The Kier molecular flexibility index (Phi) is 18.8. The van der Waals surface area contributed by atoms with Gasteiger partial charge in [0.15, 0.2) is 0 Å². The number of hydrogen-bond donors (Lipinski definition) is 2. The van der Waals surface area contributed by atoms with E-state index in [1.165, 1.54) is 0 Å². The van der Waals surface area contributed by atoms with Gasteiger partial charge in [-0.25, -0.2) is 0 Å². The van der Waals surface area contributed by atoms with E-state index in [1.54, 1.807) is 39.4 Å². The molecule has 0 saturated carbocycles. The largest absolute Gasteiger partial charge is 0.480 e. The van der Waals surface area contributed by atoms with Gasteiger partial charge < -0.3 is 25.0 Å². The first-order chi connectivity index (χ1) is 13.6. The van der Waals surface area contributed by atoms with Crippen molar-refractivity contribution < 1.29 is 9.47 Å². The van der Waals surface area contributed by atoms with Crippen LogP contribution in [0.5, 0.6) is 11.8 Å². The van der Waals surface area contributed by atoms with Crippen molar-refractivity contribution >= 4 is 11.6 Å². The molecule has 9 nitrogen and oxygen atoms in total. The molecule has 0 unspecified atom stereocenters. The lowest BCUT2D eigenvalue weighted by Gasteiger charge is -2.09. The van der Waals surface area contributed by atoms with Crippen LogP contribution in [0.4, 0.5) is 11.6 Å². The van der Waals surface area contributed by atoms with Gasteiger partial charge in [0.2, 0.25) is 11.8 Å². The number of aromatic nitrogens is 4. The second-order valence-corrected chi connectivity index (χ2v) is 4.87. The van der Waals surface area contributed by atoms with E-state index >= 15 is 0 Å². The quantitative estimate of drug-likeness (QED) is 0.733. The van der Waals surface area contributed by atoms with Crippen LogP contribution >= 0.6 is 0 Å². The molecule has 9 heteroatoms. The smallest absolute Gasteiger partial charge is 0.233 e. The lowest BCUT2D eigenvalue weighted by Crippen LogP contribution is -2.19. The average molecular weight is 396 g/mol. The van der Waals surface area contributed by atoms with Gasteiger partial charge in [0.05, 0.1) is 7.11 Å². The van der Waals surface area contributed by atoms with Crippen molar-refractivity contribution in [2.45, 2.75) is 27.7 Å². The Bertz CT molecular complexity index is 540. The number of nitrogens with one attached hydrogen (secondary N) is 2. The van der Waals surface area contributed by atoms with E-state index in [0.29, 0.717) is 18.4 Å². The van der Waals surface area contributed by atoms with Crippen LogP contribution in [-0.2, 0) is 0 Å². The van der Waals surface area contributed by atoms with Crippen molar-refractivity contribution in [2.24, 2.45) is 0 Å². The summed E-state index contributed by atoms with van der Waals surface area (Å²) in [7, 11) is 9.15. The monoisotopic (exact) mass is 395 g/mol. The molecule has 0 aliphatic heterocycles. The molecule has 0 aliphatic carbocycles. The minimum absolute atomic E-state index is 0.527. The summed E-state index contributed by atoms with van der Waals surface area (Å²) in [5.74, 6) is 2.57. The fourth-order valence-electron chi connectivity index (χ4n) is 1.43. The normalized spacial score (nSPS) is 8.79. The minimum Gasteiger partial charge on any atom is -0.480 e. The molecule has 2 N–H and O–H groups in total. The second-order valence-electron chi connectivity index (χ2n) is 4.87. The van der Waals surface area contributed by atoms with E-state index < -0.39 is 0 Å². The average Bonchev–Trinajstić information content (AvgIpc) is 2.77. The molecule has 2 aromatic heterocycles. The maximum atomic E-state index is 5.37. The fraction of sp³-hybridized carbons (Fsp3) is 0.579. The van der Waals surface area contributed by atoms with Crippen LogP contribution in [0.1, 0.15) is 27.7 Å². The van der Waals surface area contributed by atoms with Crippen molar-refractivity contribution in [1.82, 2.24) is 25.3 Å². The van der Waals surface area contributed by atoms with E-state index in [1.807, 2.05) is 47.9 Å². The molecule has 2 rings (SSSR count). The maximum absolute atomic E-state index is 5.37. The standard InChI is InChI=1S/C9H16N4O.C6H9N3O.2C2H6/c1-10-8-4-5-9(12-11-8)14-7-6-13(2)3;1-7-5-3-4-6(10-2)9-8-5;2*1-2/h4-5H,6-7H2,1-3H3,(H,10,11);3-4H,1-2H3,(H,7,8);2*1-2H3. The summed E-state index contributed by atoms with van der Waals surface area (Å²) in [4.78, 5) is 2.05. The SMILES string of the molecule is CC.CC.CNc1ccc(OC)nn1.CNc1ccc(OCCN(C)C)nn1. The van der Waals surface area contributed by atoms with Gasteiger partial charge in [0, 0.05) is 32.8 Å². The number of likely N-dealkylation sites (N-methyl/N-ethyl adjacent to an activating group) is 1. The summed E-state index contributed by atoms with van der Waals surface area (Å²) in [6.45, 7) is 9.50. The van der Waals surface area contributed by atoms with Crippen molar-refractivity contribution in [3.8, 4) is 11.8 Å². The summed E-state index contributed by atoms with van der Waals surface area (Å²) < 4.78 is 10.2. The molecule has 160 valence electrons. The number of methoxy groups -OCH3 is 1. The van der Waals surface area contributed by atoms with Crippen molar-refractivity contribution in [3.63, 3.8) is 0 Å². The van der Waals surface area contributed by atoms with Gasteiger partial charge in [-0.15, -0.1) is 20.4 Å². The predicted octanol–water partition coefficient (Wildman–Crippen LogP) is 3.04. The first-order valence-electron chi connectivity index (χ1n) is 9.43. The van der Waals surface area contributed by atoms with Crippen LogP contribution in [0, 0.1) is 0 Å². The van der Waals surface area contributed by atoms with Crippen molar-refractivity contribution in [1.29, 1.82) is 0 Å². The second kappa shape index (κ2) is 19.1. The number of ether oxygens (including phenoxy) is 2. The zero-order valence-corrected chi connectivity index (χ0v) is 18.8. The summed E-state index contributed by atoms with van der Waals surface area (Å²) in [5, 5.41) is 21.0. The van der Waals surface area contributed by atoms with Crippen LogP contribution in [-0.4, -0.2) is 73.7 Å². The molecule has 2 heterocycles. The van der Waals surface area contributed by atoms with Gasteiger partial charge in [-0.05, 0) is 26.2 Å². The molecule has 0 radical (unpaired) electrons. The Hall–Kier alpha value is -2.68. The molecule has 0 amide bonds. The number of nitrogens with zero attached hydrogens (tertiary/aromatic N) is 5. The zero-order chi connectivity index (χ0) is 21.8. The highest BCUT2D eigenvalue weighted by molar-refractivity contribution is 5.33. The van der Waals surface area contributed by atoms with Crippen LogP contribution in [0.15, 0.2) is 24.3 Å². The molecule has 0 aromatic carbocycles.